The minimum atomic E-state index is -0.263. The number of allylic oxidation sites excluding steroid dienone is 2. The summed E-state index contributed by atoms with van der Waals surface area (Å²) in [5.74, 6) is -0.526. The molecule has 0 aromatic heterocycles. The normalized spacial score (nSPS) is 12.3. The van der Waals surface area contributed by atoms with Gasteiger partial charge in [-0.1, -0.05) is 63.1 Å². The van der Waals surface area contributed by atoms with Gasteiger partial charge in [0, 0.05) is 0 Å². The Morgan fingerprint density at radius 1 is 0.567 bits per heavy atom. The van der Waals surface area contributed by atoms with Crippen molar-refractivity contribution < 1.29 is 8.78 Å². The van der Waals surface area contributed by atoms with Gasteiger partial charge in [0.25, 0.3) is 0 Å². The minimum absolute atomic E-state index is 0.263. The van der Waals surface area contributed by atoms with E-state index in [1.807, 2.05) is 12.1 Å². The maximum atomic E-state index is 14.2. The van der Waals surface area contributed by atoms with E-state index in [0.717, 1.165) is 69.1 Å². The first-order valence-electron chi connectivity index (χ1n) is 10.7. The van der Waals surface area contributed by atoms with Gasteiger partial charge in [0.1, 0.15) is 11.6 Å². The Hall–Kier alpha value is -3.00. The molecule has 0 aliphatic rings. The Morgan fingerprint density at radius 3 is 1.37 bits per heavy atom. The van der Waals surface area contributed by atoms with Crippen LogP contribution in [0.25, 0.3) is 44.5 Å². The number of rotatable bonds is 6. The van der Waals surface area contributed by atoms with Gasteiger partial charge in [-0.15, -0.1) is 0 Å². The average molecular weight is 401 g/mol. The molecular formula is C28H26F2. The molecule has 0 spiro atoms. The molecule has 4 aromatic rings. The number of hydrogen-bond acceptors (Lipinski definition) is 0. The maximum absolute atomic E-state index is 14.2. The van der Waals surface area contributed by atoms with Crippen molar-refractivity contribution in [1.82, 2.24) is 0 Å². The highest BCUT2D eigenvalue weighted by Crippen LogP contribution is 2.37. The van der Waals surface area contributed by atoms with E-state index in [1.54, 1.807) is 12.1 Å². The summed E-state index contributed by atoms with van der Waals surface area (Å²) in [6.45, 7) is 4.28. The molecule has 0 aliphatic heterocycles. The van der Waals surface area contributed by atoms with E-state index < -0.39 is 0 Å². The lowest BCUT2D eigenvalue weighted by atomic mass is 9.90. The van der Waals surface area contributed by atoms with E-state index in [1.165, 1.54) is 12.1 Å². The standard InChI is InChI=1S/C28H26F2/c1-3-5-7-9-19-15-25-26(27-17-21(29)11-13-23(19)27)16-20(10-8-6-4-2)24-14-12-22(30)18-28(24)25/h7-18H,3-6H2,1-2H3/b9-7+,10-8+. The topological polar surface area (TPSA) is 0 Å². The molecule has 0 unspecified atom stereocenters. The quantitative estimate of drug-likeness (QED) is 0.283. The minimum Gasteiger partial charge on any atom is -0.207 e. The second-order valence-electron chi connectivity index (χ2n) is 7.79. The fourth-order valence-corrected chi connectivity index (χ4v) is 4.08. The van der Waals surface area contributed by atoms with Crippen LogP contribution >= 0.6 is 0 Å². The molecule has 0 atom stereocenters. The van der Waals surface area contributed by atoms with Gasteiger partial charge in [-0.2, -0.15) is 0 Å². The lowest BCUT2D eigenvalue weighted by Crippen LogP contribution is -1.89. The zero-order valence-electron chi connectivity index (χ0n) is 17.5. The average Bonchev–Trinajstić information content (AvgIpc) is 2.74. The summed E-state index contributed by atoms with van der Waals surface area (Å²) < 4.78 is 28.5. The van der Waals surface area contributed by atoms with Gasteiger partial charge in [0.05, 0.1) is 0 Å². The van der Waals surface area contributed by atoms with E-state index in [9.17, 15) is 8.78 Å². The zero-order chi connectivity index (χ0) is 21.1. The van der Waals surface area contributed by atoms with E-state index in [4.69, 9.17) is 0 Å². The highest BCUT2D eigenvalue weighted by Gasteiger charge is 2.12. The molecule has 0 N–H and O–H groups in total. The van der Waals surface area contributed by atoms with Gasteiger partial charge in [-0.25, -0.2) is 8.78 Å². The van der Waals surface area contributed by atoms with Crippen LogP contribution in [0.2, 0.25) is 0 Å². The Labute approximate surface area is 176 Å². The highest BCUT2D eigenvalue weighted by molar-refractivity contribution is 6.20. The van der Waals surface area contributed by atoms with Crippen molar-refractivity contribution in [2.75, 3.05) is 0 Å². The molecule has 0 heterocycles. The molecular weight excluding hydrogens is 374 g/mol. The van der Waals surface area contributed by atoms with Crippen LogP contribution in [0.1, 0.15) is 50.7 Å². The number of fused-ring (bicyclic) bond motifs is 5. The third-order valence-electron chi connectivity index (χ3n) is 5.56. The van der Waals surface area contributed by atoms with Crippen molar-refractivity contribution >= 4 is 44.5 Å². The molecule has 4 aromatic carbocycles. The molecule has 2 heteroatoms. The van der Waals surface area contributed by atoms with Gasteiger partial charge < -0.3 is 0 Å². The van der Waals surface area contributed by atoms with E-state index in [-0.39, 0.29) is 11.6 Å². The van der Waals surface area contributed by atoms with E-state index >= 15 is 0 Å². The Kier molecular flexibility index (Phi) is 5.94. The second-order valence-corrected chi connectivity index (χ2v) is 7.79. The summed E-state index contributed by atoms with van der Waals surface area (Å²) in [4.78, 5) is 0. The molecule has 0 saturated carbocycles. The van der Waals surface area contributed by atoms with Gasteiger partial charge >= 0.3 is 0 Å². The molecule has 4 rings (SSSR count). The van der Waals surface area contributed by atoms with Crippen LogP contribution in [0.3, 0.4) is 0 Å². The summed E-state index contributed by atoms with van der Waals surface area (Å²) in [6, 6.07) is 14.1. The highest BCUT2D eigenvalue weighted by atomic mass is 19.1. The molecule has 0 saturated heterocycles. The summed E-state index contributed by atoms with van der Waals surface area (Å²) in [5, 5.41) is 5.64. The van der Waals surface area contributed by atoms with Gasteiger partial charge in [-0.05, 0) is 92.7 Å². The number of halogens is 2. The molecule has 0 aliphatic carbocycles. The fraction of sp³-hybridized carbons (Fsp3) is 0.214. The van der Waals surface area contributed by atoms with Gasteiger partial charge in [0.2, 0.25) is 0 Å². The van der Waals surface area contributed by atoms with Crippen LogP contribution in [0.4, 0.5) is 8.78 Å². The number of unbranched alkanes of at least 4 members (excludes halogenated alkanes) is 2. The van der Waals surface area contributed by atoms with Crippen molar-refractivity contribution in [1.29, 1.82) is 0 Å². The van der Waals surface area contributed by atoms with Crippen molar-refractivity contribution in [3.05, 3.63) is 83.4 Å². The molecule has 0 radical (unpaired) electrons. The number of benzene rings is 4. The van der Waals surface area contributed by atoms with E-state index in [2.05, 4.69) is 50.3 Å². The van der Waals surface area contributed by atoms with E-state index in [0.29, 0.717) is 0 Å². The summed E-state index contributed by atoms with van der Waals surface area (Å²) in [7, 11) is 0. The Morgan fingerprint density at radius 2 is 0.967 bits per heavy atom. The lowest BCUT2D eigenvalue weighted by Gasteiger charge is -2.13. The zero-order valence-corrected chi connectivity index (χ0v) is 17.5. The van der Waals surface area contributed by atoms with Crippen molar-refractivity contribution in [3.8, 4) is 0 Å². The third kappa shape index (κ3) is 3.87. The van der Waals surface area contributed by atoms with Crippen LogP contribution in [0.5, 0.6) is 0 Å². The lowest BCUT2D eigenvalue weighted by molar-refractivity contribution is 0.629. The smallest absolute Gasteiger partial charge is 0.123 e. The molecule has 152 valence electrons. The molecule has 0 bridgehead atoms. The summed E-state index contributed by atoms with van der Waals surface area (Å²) in [5.41, 5.74) is 2.07. The Balaban J connectivity index is 2.12. The summed E-state index contributed by atoms with van der Waals surface area (Å²) in [6.07, 6.45) is 12.6. The fourth-order valence-electron chi connectivity index (χ4n) is 4.08. The van der Waals surface area contributed by atoms with Crippen LogP contribution in [0, 0.1) is 11.6 Å². The second kappa shape index (κ2) is 8.79. The van der Waals surface area contributed by atoms with Crippen molar-refractivity contribution in [3.63, 3.8) is 0 Å². The monoisotopic (exact) mass is 400 g/mol. The van der Waals surface area contributed by atoms with Gasteiger partial charge in [0.15, 0.2) is 0 Å². The largest absolute Gasteiger partial charge is 0.207 e. The van der Waals surface area contributed by atoms with Crippen LogP contribution in [-0.2, 0) is 0 Å². The summed E-state index contributed by atoms with van der Waals surface area (Å²) >= 11 is 0. The predicted octanol–water partition coefficient (Wildman–Crippen LogP) is 9.05. The van der Waals surface area contributed by atoms with Crippen molar-refractivity contribution in [2.45, 2.75) is 39.5 Å². The molecule has 30 heavy (non-hydrogen) atoms. The first-order valence-corrected chi connectivity index (χ1v) is 10.7. The third-order valence-corrected chi connectivity index (χ3v) is 5.56. The van der Waals surface area contributed by atoms with Crippen LogP contribution in [-0.4, -0.2) is 0 Å². The molecule has 0 fully saturated rings. The molecule has 0 nitrogen and oxygen atoms in total. The van der Waals surface area contributed by atoms with Gasteiger partial charge in [-0.3, -0.25) is 0 Å². The predicted molar refractivity (Wildman–Crippen MR) is 127 cm³/mol. The molecule has 0 amide bonds. The Bertz CT molecular complexity index is 1180. The SMILES string of the molecule is CCC/C=C/c1cc2c3cc(F)ccc3c(/C=C/CCC)cc2c2cc(F)ccc12. The first-order chi connectivity index (χ1) is 14.6. The van der Waals surface area contributed by atoms with Crippen LogP contribution in [0.15, 0.2) is 60.7 Å². The van der Waals surface area contributed by atoms with Crippen molar-refractivity contribution in [2.24, 2.45) is 0 Å². The van der Waals surface area contributed by atoms with Crippen LogP contribution < -0.4 is 0 Å². The maximum Gasteiger partial charge on any atom is 0.123 e. The first kappa shape index (κ1) is 20.3. The number of hydrogen-bond donors (Lipinski definition) is 0.